The molecule has 0 spiro atoms. The van der Waals surface area contributed by atoms with Gasteiger partial charge < -0.3 is 14.0 Å². The van der Waals surface area contributed by atoms with E-state index in [-0.39, 0.29) is 29.6 Å². The lowest BCUT2D eigenvalue weighted by Gasteiger charge is -2.20. The molecule has 0 N–H and O–H groups in total. The fourth-order valence-corrected chi connectivity index (χ4v) is 4.50. The molecule has 0 radical (unpaired) electrons. The van der Waals surface area contributed by atoms with Crippen molar-refractivity contribution in [3.63, 3.8) is 0 Å². The van der Waals surface area contributed by atoms with Gasteiger partial charge >= 0.3 is 0 Å². The van der Waals surface area contributed by atoms with Crippen molar-refractivity contribution in [1.82, 2.24) is 14.4 Å². The molecule has 0 amide bonds. The Hall–Kier alpha value is -2.62. The van der Waals surface area contributed by atoms with Crippen molar-refractivity contribution in [3.8, 4) is 22.9 Å². The molecule has 0 unspecified atom stereocenters. The van der Waals surface area contributed by atoms with Crippen LogP contribution in [0.25, 0.3) is 11.4 Å². The first kappa shape index (κ1) is 21.1. The molecule has 0 atom stereocenters. The average Bonchev–Trinajstić information content (AvgIpc) is 3.20. The standard InChI is InChI=1S/C19H20ClN3O5S/c1-4-23(29(24,25)17-11-14(20)7-10-16(17)27-3)12-18-21-19(22-28-18)13-5-8-15(26-2)9-6-13/h5-11H,4,12H2,1-3H3. The van der Waals surface area contributed by atoms with Gasteiger partial charge in [0.1, 0.15) is 16.4 Å². The molecule has 0 saturated heterocycles. The summed E-state index contributed by atoms with van der Waals surface area (Å²) in [5, 5.41) is 4.23. The minimum Gasteiger partial charge on any atom is -0.497 e. The van der Waals surface area contributed by atoms with Crippen LogP contribution < -0.4 is 9.47 Å². The SMILES string of the molecule is CCN(Cc1nc(-c2ccc(OC)cc2)no1)S(=O)(=O)c1cc(Cl)ccc1OC. The average molecular weight is 438 g/mol. The highest BCUT2D eigenvalue weighted by molar-refractivity contribution is 7.89. The van der Waals surface area contributed by atoms with Crippen LogP contribution in [0.4, 0.5) is 0 Å². The molecule has 154 valence electrons. The minimum atomic E-state index is -3.90. The van der Waals surface area contributed by atoms with Crippen molar-refractivity contribution in [2.45, 2.75) is 18.4 Å². The number of hydrogen-bond acceptors (Lipinski definition) is 7. The first-order chi connectivity index (χ1) is 13.9. The van der Waals surface area contributed by atoms with Crippen LogP contribution in [0.3, 0.4) is 0 Å². The highest BCUT2D eigenvalue weighted by atomic mass is 35.5. The summed E-state index contributed by atoms with van der Waals surface area (Å²) >= 11 is 5.99. The largest absolute Gasteiger partial charge is 0.497 e. The monoisotopic (exact) mass is 437 g/mol. The molecule has 0 aliphatic carbocycles. The van der Waals surface area contributed by atoms with Crippen molar-refractivity contribution >= 4 is 21.6 Å². The summed E-state index contributed by atoms with van der Waals surface area (Å²) in [6.45, 7) is 1.82. The Labute approximate surface area is 174 Å². The summed E-state index contributed by atoms with van der Waals surface area (Å²) in [4.78, 5) is 4.29. The van der Waals surface area contributed by atoms with E-state index in [0.29, 0.717) is 16.6 Å². The molecular formula is C19H20ClN3O5S. The van der Waals surface area contributed by atoms with E-state index in [1.807, 2.05) is 0 Å². The van der Waals surface area contributed by atoms with Crippen molar-refractivity contribution in [2.75, 3.05) is 20.8 Å². The van der Waals surface area contributed by atoms with Crippen LogP contribution in [0.15, 0.2) is 51.9 Å². The topological polar surface area (TPSA) is 94.8 Å². The molecule has 3 aromatic rings. The van der Waals surface area contributed by atoms with Crippen LogP contribution >= 0.6 is 11.6 Å². The Morgan fingerprint density at radius 2 is 1.83 bits per heavy atom. The van der Waals surface area contributed by atoms with E-state index in [2.05, 4.69) is 10.1 Å². The van der Waals surface area contributed by atoms with Crippen LogP contribution in [-0.4, -0.2) is 43.6 Å². The van der Waals surface area contributed by atoms with Crippen LogP contribution in [0.2, 0.25) is 5.02 Å². The molecule has 3 rings (SSSR count). The van der Waals surface area contributed by atoms with Gasteiger partial charge in [-0.05, 0) is 42.5 Å². The zero-order valence-electron chi connectivity index (χ0n) is 16.1. The van der Waals surface area contributed by atoms with Crippen LogP contribution in [0, 0.1) is 0 Å². The van der Waals surface area contributed by atoms with E-state index < -0.39 is 10.0 Å². The Kier molecular flexibility index (Phi) is 6.41. The lowest BCUT2D eigenvalue weighted by atomic mass is 10.2. The smallest absolute Gasteiger partial charge is 0.247 e. The molecule has 8 nitrogen and oxygen atoms in total. The summed E-state index contributed by atoms with van der Waals surface area (Å²) in [6.07, 6.45) is 0. The van der Waals surface area contributed by atoms with Gasteiger partial charge in [-0.15, -0.1) is 0 Å². The predicted octanol–water partition coefficient (Wildman–Crippen LogP) is 3.62. The number of ether oxygens (including phenoxy) is 2. The Morgan fingerprint density at radius 3 is 2.45 bits per heavy atom. The predicted molar refractivity (Wildman–Crippen MR) is 108 cm³/mol. The van der Waals surface area contributed by atoms with Gasteiger partial charge in [0.25, 0.3) is 0 Å². The third kappa shape index (κ3) is 4.52. The van der Waals surface area contributed by atoms with Crippen molar-refractivity contribution in [2.24, 2.45) is 0 Å². The fourth-order valence-electron chi connectivity index (χ4n) is 2.69. The zero-order chi connectivity index (χ0) is 21.0. The molecule has 10 heteroatoms. The van der Waals surface area contributed by atoms with E-state index >= 15 is 0 Å². The second-order valence-electron chi connectivity index (χ2n) is 5.97. The number of halogens is 1. The molecule has 1 heterocycles. The molecule has 0 aliphatic rings. The van der Waals surface area contributed by atoms with E-state index in [9.17, 15) is 8.42 Å². The molecule has 0 aliphatic heterocycles. The number of methoxy groups -OCH3 is 2. The quantitative estimate of drug-likeness (QED) is 0.531. The van der Waals surface area contributed by atoms with Gasteiger partial charge in [-0.25, -0.2) is 8.42 Å². The van der Waals surface area contributed by atoms with Crippen LogP contribution in [-0.2, 0) is 16.6 Å². The summed E-state index contributed by atoms with van der Waals surface area (Å²) in [5.74, 6) is 1.44. The molecule has 29 heavy (non-hydrogen) atoms. The van der Waals surface area contributed by atoms with Crippen LogP contribution in [0.5, 0.6) is 11.5 Å². The lowest BCUT2D eigenvalue weighted by Crippen LogP contribution is -2.31. The molecule has 1 aromatic heterocycles. The normalized spacial score (nSPS) is 11.6. The summed E-state index contributed by atoms with van der Waals surface area (Å²) in [7, 11) is -0.919. The maximum absolute atomic E-state index is 13.1. The van der Waals surface area contributed by atoms with Gasteiger partial charge in [0, 0.05) is 17.1 Å². The molecule has 0 bridgehead atoms. The minimum absolute atomic E-state index is 0.0238. The van der Waals surface area contributed by atoms with Gasteiger partial charge in [-0.3, -0.25) is 0 Å². The van der Waals surface area contributed by atoms with Crippen molar-refractivity contribution < 1.29 is 22.4 Å². The first-order valence-electron chi connectivity index (χ1n) is 8.69. The van der Waals surface area contributed by atoms with E-state index in [1.165, 1.54) is 23.5 Å². The fraction of sp³-hybridized carbons (Fsp3) is 0.263. The first-order valence-corrected chi connectivity index (χ1v) is 10.5. The highest BCUT2D eigenvalue weighted by Crippen LogP contribution is 2.30. The maximum atomic E-state index is 13.1. The van der Waals surface area contributed by atoms with Crippen molar-refractivity contribution in [1.29, 1.82) is 0 Å². The molecule has 0 fully saturated rings. The van der Waals surface area contributed by atoms with Gasteiger partial charge in [-0.1, -0.05) is 23.7 Å². The van der Waals surface area contributed by atoms with E-state index in [4.69, 9.17) is 25.6 Å². The van der Waals surface area contributed by atoms with Gasteiger partial charge in [0.15, 0.2) is 0 Å². The van der Waals surface area contributed by atoms with Gasteiger partial charge in [-0.2, -0.15) is 9.29 Å². The van der Waals surface area contributed by atoms with Crippen molar-refractivity contribution in [3.05, 3.63) is 53.4 Å². The molecule has 2 aromatic carbocycles. The Morgan fingerprint density at radius 1 is 1.10 bits per heavy atom. The molecule has 0 saturated carbocycles. The number of aromatic nitrogens is 2. The Bertz CT molecular complexity index is 1080. The summed E-state index contributed by atoms with van der Waals surface area (Å²) < 4.78 is 43.1. The second kappa shape index (κ2) is 8.81. The maximum Gasteiger partial charge on any atom is 0.247 e. The summed E-state index contributed by atoms with van der Waals surface area (Å²) in [5.41, 5.74) is 0.725. The van der Waals surface area contributed by atoms with Crippen LogP contribution in [0.1, 0.15) is 12.8 Å². The Balaban J connectivity index is 1.86. The zero-order valence-corrected chi connectivity index (χ0v) is 17.7. The second-order valence-corrected chi connectivity index (χ2v) is 8.31. The third-order valence-electron chi connectivity index (χ3n) is 4.22. The number of hydrogen-bond donors (Lipinski definition) is 0. The highest BCUT2D eigenvalue weighted by Gasteiger charge is 2.29. The number of nitrogens with zero attached hydrogens (tertiary/aromatic N) is 3. The number of sulfonamides is 1. The lowest BCUT2D eigenvalue weighted by molar-refractivity contribution is 0.320. The summed E-state index contributed by atoms with van der Waals surface area (Å²) in [6, 6.07) is 11.6. The van der Waals surface area contributed by atoms with E-state index in [0.717, 1.165) is 5.56 Å². The van der Waals surface area contributed by atoms with Gasteiger partial charge in [0.05, 0.1) is 20.8 Å². The van der Waals surface area contributed by atoms with E-state index in [1.54, 1.807) is 44.4 Å². The van der Waals surface area contributed by atoms with Gasteiger partial charge in [0.2, 0.25) is 21.7 Å². The molecular weight excluding hydrogens is 418 g/mol. The number of rotatable bonds is 8. The number of benzene rings is 2. The third-order valence-corrected chi connectivity index (χ3v) is 6.40.